The molecule has 1 saturated carbocycles. The van der Waals surface area contributed by atoms with Crippen molar-refractivity contribution < 1.29 is 43.3 Å². The van der Waals surface area contributed by atoms with Crippen molar-refractivity contribution in [3.05, 3.63) is 41.5 Å². The standard InChI is InChI=1S/C37H54N4O9/c1-5-7-9-18-36(19-10-8-6-2)48-30-27-23-37(35(46)39-20-17-28(43)38-21-22-42)32(34(45)47-27)41(50-33(37)31(30)49-36)24-26-13-11-25(12-14-26)15-16-29(44)40(3)4/h11-16,27,30-33,42H,5-10,17-24H2,1-4H3,(H,38,43)(H,39,46)/t27-,30+,31+,32+,33-,37+/m1/s1. The molecule has 3 aliphatic heterocycles. The van der Waals surface area contributed by atoms with Crippen molar-refractivity contribution in [2.24, 2.45) is 5.41 Å². The van der Waals surface area contributed by atoms with Crippen LogP contribution < -0.4 is 10.6 Å². The number of amides is 3. The molecule has 13 heteroatoms. The number of hydrogen-bond donors (Lipinski definition) is 3. The quantitative estimate of drug-likeness (QED) is 0.118. The number of likely N-dealkylation sites (N-methyl/N-ethyl adjacent to an activating group) is 1. The molecule has 3 saturated heterocycles. The summed E-state index contributed by atoms with van der Waals surface area (Å²) in [6, 6.07) is 6.49. The third kappa shape index (κ3) is 8.07. The molecule has 1 aromatic carbocycles. The first kappa shape index (κ1) is 37.9. The minimum absolute atomic E-state index is 0.0141. The minimum atomic E-state index is -1.34. The number of nitrogens with zero attached hydrogens (tertiary/aromatic N) is 2. The zero-order valence-corrected chi connectivity index (χ0v) is 29.9. The molecule has 0 radical (unpaired) electrons. The first-order valence-corrected chi connectivity index (χ1v) is 18.2. The average Bonchev–Trinajstić information content (AvgIpc) is 3.65. The van der Waals surface area contributed by atoms with Crippen LogP contribution in [0, 0.1) is 5.41 Å². The number of aliphatic hydroxyl groups is 1. The Kier molecular flexibility index (Phi) is 12.7. The van der Waals surface area contributed by atoms with Crippen molar-refractivity contribution in [3.8, 4) is 0 Å². The number of nitrogens with one attached hydrogen (secondary N) is 2. The lowest BCUT2D eigenvalue weighted by atomic mass is 9.62. The molecule has 4 fully saturated rings. The Bertz CT molecular complexity index is 1380. The van der Waals surface area contributed by atoms with Crippen molar-refractivity contribution in [1.82, 2.24) is 20.6 Å². The summed E-state index contributed by atoms with van der Waals surface area (Å²) in [6.45, 7) is 4.49. The summed E-state index contributed by atoms with van der Waals surface area (Å²) in [5.74, 6) is -2.24. The number of aliphatic hydroxyl groups excluding tert-OH is 1. The van der Waals surface area contributed by atoms with E-state index in [1.165, 1.54) is 11.0 Å². The van der Waals surface area contributed by atoms with Crippen molar-refractivity contribution in [3.63, 3.8) is 0 Å². The second-order valence-electron chi connectivity index (χ2n) is 14.1. The van der Waals surface area contributed by atoms with Crippen LogP contribution in [0.2, 0.25) is 0 Å². The Balaban J connectivity index is 1.43. The normalized spacial score (nSPS) is 27.9. The van der Waals surface area contributed by atoms with Gasteiger partial charge in [-0.05, 0) is 30.0 Å². The van der Waals surface area contributed by atoms with E-state index in [-0.39, 0.29) is 50.9 Å². The summed E-state index contributed by atoms with van der Waals surface area (Å²) >= 11 is 0. The molecule has 4 aliphatic rings. The second-order valence-corrected chi connectivity index (χ2v) is 14.1. The zero-order chi connectivity index (χ0) is 35.9. The molecule has 3 N–H and O–H groups in total. The molecule has 50 heavy (non-hydrogen) atoms. The van der Waals surface area contributed by atoms with E-state index in [1.807, 2.05) is 24.3 Å². The van der Waals surface area contributed by atoms with Crippen LogP contribution in [0.4, 0.5) is 0 Å². The van der Waals surface area contributed by atoms with Crippen molar-refractivity contribution in [2.45, 2.75) is 121 Å². The fourth-order valence-electron chi connectivity index (χ4n) is 7.67. The Morgan fingerprint density at radius 1 is 0.980 bits per heavy atom. The van der Waals surface area contributed by atoms with E-state index in [2.05, 4.69) is 24.5 Å². The molecular weight excluding hydrogens is 644 g/mol. The predicted molar refractivity (Wildman–Crippen MR) is 184 cm³/mol. The number of rotatable bonds is 18. The molecule has 0 spiro atoms. The number of ether oxygens (including phenoxy) is 3. The molecule has 5 rings (SSSR count). The zero-order valence-electron chi connectivity index (χ0n) is 29.9. The number of hydroxylamine groups is 2. The lowest BCUT2D eigenvalue weighted by molar-refractivity contribution is -0.224. The molecular formula is C37H54N4O9. The second kappa shape index (κ2) is 16.8. The Hall–Kier alpha value is -3.36. The van der Waals surface area contributed by atoms with E-state index in [4.69, 9.17) is 24.2 Å². The summed E-state index contributed by atoms with van der Waals surface area (Å²) in [4.78, 5) is 60.8. The van der Waals surface area contributed by atoms with Gasteiger partial charge in [0, 0.05) is 58.9 Å². The molecule has 13 nitrogen and oxygen atoms in total. The topological polar surface area (TPSA) is 156 Å². The van der Waals surface area contributed by atoms with Gasteiger partial charge in [0.2, 0.25) is 17.7 Å². The molecule has 0 unspecified atom stereocenters. The fourth-order valence-corrected chi connectivity index (χ4v) is 7.67. The first-order valence-electron chi connectivity index (χ1n) is 18.2. The van der Waals surface area contributed by atoms with Crippen LogP contribution in [0.3, 0.4) is 0 Å². The summed E-state index contributed by atoms with van der Waals surface area (Å²) < 4.78 is 19.8. The molecule has 1 aliphatic carbocycles. The van der Waals surface area contributed by atoms with E-state index < -0.39 is 53.5 Å². The summed E-state index contributed by atoms with van der Waals surface area (Å²) in [5, 5.41) is 16.1. The fraction of sp³-hybridized carbons (Fsp3) is 0.676. The molecule has 0 aromatic heterocycles. The summed E-state index contributed by atoms with van der Waals surface area (Å²) in [5.41, 5.74) is 0.324. The largest absolute Gasteiger partial charge is 0.458 e. The van der Waals surface area contributed by atoms with Gasteiger partial charge in [-0.1, -0.05) is 63.8 Å². The van der Waals surface area contributed by atoms with Crippen LogP contribution in [0.15, 0.2) is 30.3 Å². The number of carbonyl (C=O) groups excluding carboxylic acids is 4. The minimum Gasteiger partial charge on any atom is -0.458 e. The SMILES string of the molecule is CCCCCC1(CCCCC)O[C@@H]2[C@H](O1)[C@H]1ON(Cc3ccc(C=CC(=O)N(C)C)cc3)[C@H]3C(=O)O[C@@H]2C[C@@]13C(=O)NCCC(=O)NCCO. The number of fused-ring (bicyclic) bond motifs is 4. The van der Waals surface area contributed by atoms with Gasteiger partial charge in [0.25, 0.3) is 0 Å². The Labute approximate surface area is 294 Å². The summed E-state index contributed by atoms with van der Waals surface area (Å²) in [6.07, 6.45) is 8.07. The molecule has 1 aromatic rings. The van der Waals surface area contributed by atoms with Crippen LogP contribution in [0.5, 0.6) is 0 Å². The number of benzene rings is 1. The first-order chi connectivity index (χ1) is 24.1. The van der Waals surface area contributed by atoms with Crippen molar-refractivity contribution in [1.29, 1.82) is 0 Å². The average molecular weight is 699 g/mol. The maximum Gasteiger partial charge on any atom is 0.327 e. The van der Waals surface area contributed by atoms with Crippen LogP contribution in [-0.2, 0) is 44.8 Å². The van der Waals surface area contributed by atoms with Crippen LogP contribution in [0.1, 0.15) is 89.2 Å². The van der Waals surface area contributed by atoms with Crippen LogP contribution >= 0.6 is 0 Å². The van der Waals surface area contributed by atoms with Gasteiger partial charge in [0.05, 0.1) is 13.2 Å². The van der Waals surface area contributed by atoms with E-state index in [0.717, 1.165) is 49.7 Å². The van der Waals surface area contributed by atoms with Gasteiger partial charge in [0.1, 0.15) is 29.8 Å². The van der Waals surface area contributed by atoms with Gasteiger partial charge in [-0.2, -0.15) is 5.06 Å². The lowest BCUT2D eigenvalue weighted by Gasteiger charge is -2.48. The molecule has 3 heterocycles. The van der Waals surface area contributed by atoms with E-state index in [0.29, 0.717) is 12.8 Å². The van der Waals surface area contributed by atoms with E-state index >= 15 is 0 Å². The third-order valence-electron chi connectivity index (χ3n) is 10.2. The van der Waals surface area contributed by atoms with Crippen molar-refractivity contribution >= 4 is 29.8 Å². The maximum absolute atomic E-state index is 14.4. The molecule has 276 valence electrons. The highest BCUT2D eigenvalue weighted by molar-refractivity contribution is 5.94. The Morgan fingerprint density at radius 3 is 2.30 bits per heavy atom. The van der Waals surface area contributed by atoms with Gasteiger partial charge in [-0.15, -0.1) is 0 Å². The van der Waals surface area contributed by atoms with Crippen LogP contribution in [-0.4, -0.2) is 109 Å². The summed E-state index contributed by atoms with van der Waals surface area (Å²) in [7, 11) is 3.38. The van der Waals surface area contributed by atoms with Gasteiger partial charge >= 0.3 is 5.97 Å². The maximum atomic E-state index is 14.4. The molecule has 3 amide bonds. The van der Waals surface area contributed by atoms with Gasteiger partial charge in [0.15, 0.2) is 11.8 Å². The molecule has 6 atom stereocenters. The number of carbonyl (C=O) groups is 4. The smallest absolute Gasteiger partial charge is 0.327 e. The van der Waals surface area contributed by atoms with E-state index in [9.17, 15) is 19.2 Å². The predicted octanol–water partition coefficient (Wildman–Crippen LogP) is 2.84. The Morgan fingerprint density at radius 2 is 1.66 bits per heavy atom. The number of unbranched alkanes of at least 4 members (excludes halogenated alkanes) is 4. The van der Waals surface area contributed by atoms with Gasteiger partial charge in [-0.3, -0.25) is 24.0 Å². The molecule has 2 bridgehead atoms. The highest BCUT2D eigenvalue weighted by Gasteiger charge is 2.76. The highest BCUT2D eigenvalue weighted by Crippen LogP contribution is 2.58. The lowest BCUT2D eigenvalue weighted by Crippen LogP contribution is -2.69. The van der Waals surface area contributed by atoms with Gasteiger partial charge in [-0.25, -0.2) is 0 Å². The number of hydrogen-bond acceptors (Lipinski definition) is 10. The highest BCUT2D eigenvalue weighted by atomic mass is 16.8. The van der Waals surface area contributed by atoms with Crippen molar-refractivity contribution in [2.75, 3.05) is 33.8 Å². The van der Waals surface area contributed by atoms with Crippen LogP contribution in [0.25, 0.3) is 6.08 Å². The number of esters is 1. The van der Waals surface area contributed by atoms with Gasteiger partial charge < -0.3 is 34.9 Å². The van der Waals surface area contributed by atoms with E-state index in [1.54, 1.807) is 25.2 Å². The third-order valence-corrected chi connectivity index (χ3v) is 10.2. The monoisotopic (exact) mass is 698 g/mol.